The first-order valence-corrected chi connectivity index (χ1v) is 11.7. The zero-order valence-electron chi connectivity index (χ0n) is 18.1. The maximum absolute atomic E-state index is 13.5. The summed E-state index contributed by atoms with van der Waals surface area (Å²) in [5.74, 6) is -1.88. The number of aliphatic hydroxyl groups is 1. The Bertz CT molecular complexity index is 1330. The molecule has 1 aliphatic rings. The van der Waals surface area contributed by atoms with Crippen molar-refractivity contribution in [1.82, 2.24) is 9.88 Å². The number of fused-ring (bicyclic) bond motifs is 2. The number of hydrogen-bond donors (Lipinski definition) is 2. The fourth-order valence-corrected chi connectivity index (χ4v) is 5.06. The largest absolute Gasteiger partial charge is 0.396 e. The molecule has 0 bridgehead atoms. The average Bonchev–Trinajstić information content (AvgIpc) is 3.36. The standard InChI is InChI=1S/C26H21N3O4S/c30-12-10-16-5-7-17(8-6-16)21(15-29-25(32)19-3-1-2-4-20(19)26(29)33)24(31)28-23-13-18-9-11-27-14-22(18)34-23/h1-9,11,13-14,21,30H,10,12,15H2,(H,28,31)/t21-/m1/s1. The molecule has 0 radical (unpaired) electrons. The summed E-state index contributed by atoms with van der Waals surface area (Å²) in [5.41, 5.74) is 2.31. The number of carbonyl (C=O) groups is 3. The Hall–Kier alpha value is -3.88. The van der Waals surface area contributed by atoms with Crippen molar-refractivity contribution < 1.29 is 19.5 Å². The second kappa shape index (κ2) is 9.17. The van der Waals surface area contributed by atoms with Crippen LogP contribution in [-0.4, -0.2) is 45.9 Å². The molecule has 7 nitrogen and oxygen atoms in total. The zero-order chi connectivity index (χ0) is 23.7. The lowest BCUT2D eigenvalue weighted by atomic mass is 9.95. The third-order valence-corrected chi connectivity index (χ3v) is 6.91. The van der Waals surface area contributed by atoms with Gasteiger partial charge in [0.2, 0.25) is 5.91 Å². The molecule has 0 aliphatic carbocycles. The molecule has 2 N–H and O–H groups in total. The molecule has 1 atom stereocenters. The van der Waals surface area contributed by atoms with Gasteiger partial charge < -0.3 is 10.4 Å². The summed E-state index contributed by atoms with van der Waals surface area (Å²) in [5, 5.41) is 13.8. The molecule has 1 aliphatic heterocycles. The van der Waals surface area contributed by atoms with Crippen LogP contribution in [-0.2, 0) is 11.2 Å². The molecule has 0 spiro atoms. The first-order chi connectivity index (χ1) is 16.5. The summed E-state index contributed by atoms with van der Waals surface area (Å²) in [6, 6.07) is 17.7. The normalized spacial score (nSPS) is 13.9. The van der Waals surface area contributed by atoms with E-state index in [2.05, 4.69) is 10.3 Å². The van der Waals surface area contributed by atoms with Gasteiger partial charge in [0.25, 0.3) is 11.8 Å². The number of pyridine rings is 1. The number of thiophene rings is 1. The van der Waals surface area contributed by atoms with E-state index in [0.29, 0.717) is 28.1 Å². The van der Waals surface area contributed by atoms with E-state index in [-0.39, 0.29) is 19.1 Å². The van der Waals surface area contributed by atoms with E-state index in [1.165, 1.54) is 11.3 Å². The molecule has 0 fully saturated rings. The Morgan fingerprint density at radius 3 is 2.38 bits per heavy atom. The number of hydrogen-bond acceptors (Lipinski definition) is 6. The molecule has 2 aromatic heterocycles. The van der Waals surface area contributed by atoms with Gasteiger partial charge in [-0.1, -0.05) is 36.4 Å². The van der Waals surface area contributed by atoms with Crippen LogP contribution in [0.15, 0.2) is 73.1 Å². The van der Waals surface area contributed by atoms with Gasteiger partial charge in [0.05, 0.1) is 26.7 Å². The van der Waals surface area contributed by atoms with Gasteiger partial charge in [-0.15, -0.1) is 11.3 Å². The van der Waals surface area contributed by atoms with E-state index in [9.17, 15) is 19.5 Å². The van der Waals surface area contributed by atoms with Gasteiger partial charge in [-0.05, 0) is 47.2 Å². The Morgan fingerprint density at radius 1 is 1.03 bits per heavy atom. The number of benzene rings is 2. The molecule has 4 aromatic rings. The summed E-state index contributed by atoms with van der Waals surface area (Å²) in [4.78, 5) is 44.6. The van der Waals surface area contributed by atoms with Crippen molar-refractivity contribution in [2.45, 2.75) is 12.3 Å². The summed E-state index contributed by atoms with van der Waals surface area (Å²) in [7, 11) is 0. The highest BCUT2D eigenvalue weighted by molar-refractivity contribution is 7.22. The summed E-state index contributed by atoms with van der Waals surface area (Å²) < 4.78 is 0.947. The van der Waals surface area contributed by atoms with Crippen molar-refractivity contribution in [3.05, 3.63) is 95.3 Å². The van der Waals surface area contributed by atoms with E-state index in [0.717, 1.165) is 20.5 Å². The SMILES string of the molecule is O=C(Nc1cc2ccncc2s1)[C@H](CN1C(=O)c2ccccc2C1=O)c1ccc(CCO)cc1. The van der Waals surface area contributed by atoms with E-state index in [1.54, 1.807) is 36.7 Å². The van der Waals surface area contributed by atoms with E-state index in [1.807, 2.05) is 36.4 Å². The van der Waals surface area contributed by atoms with Crippen molar-refractivity contribution in [3.8, 4) is 0 Å². The summed E-state index contributed by atoms with van der Waals surface area (Å²) >= 11 is 1.41. The highest BCUT2D eigenvalue weighted by Gasteiger charge is 2.38. The lowest BCUT2D eigenvalue weighted by Crippen LogP contribution is -2.38. The van der Waals surface area contributed by atoms with E-state index in [4.69, 9.17) is 0 Å². The number of carbonyl (C=O) groups excluding carboxylic acids is 3. The summed E-state index contributed by atoms with van der Waals surface area (Å²) in [6.45, 7) is -0.0525. The van der Waals surface area contributed by atoms with Crippen LogP contribution in [0.5, 0.6) is 0 Å². The molecule has 0 saturated carbocycles. The minimum Gasteiger partial charge on any atom is -0.396 e. The predicted octanol–water partition coefficient (Wildman–Crippen LogP) is 3.85. The molecule has 8 heteroatoms. The van der Waals surface area contributed by atoms with Crippen LogP contribution in [0, 0.1) is 0 Å². The molecule has 3 amide bonds. The number of aromatic nitrogens is 1. The van der Waals surface area contributed by atoms with Crippen molar-refractivity contribution in [2.24, 2.45) is 0 Å². The van der Waals surface area contributed by atoms with Gasteiger partial charge >= 0.3 is 0 Å². The number of nitrogens with zero attached hydrogens (tertiary/aromatic N) is 2. The first kappa shape index (κ1) is 21.9. The number of rotatable bonds is 7. The van der Waals surface area contributed by atoms with Gasteiger partial charge in [0.1, 0.15) is 0 Å². The molecular formula is C26H21N3O4S. The van der Waals surface area contributed by atoms with Crippen molar-refractivity contribution in [1.29, 1.82) is 0 Å². The van der Waals surface area contributed by atoms with Crippen molar-refractivity contribution >= 4 is 44.1 Å². The second-order valence-corrected chi connectivity index (χ2v) is 9.13. The van der Waals surface area contributed by atoms with Crippen molar-refractivity contribution in [2.75, 3.05) is 18.5 Å². The minimum atomic E-state index is -0.770. The van der Waals surface area contributed by atoms with Gasteiger partial charge in [-0.25, -0.2) is 0 Å². The monoisotopic (exact) mass is 471 g/mol. The second-order valence-electron chi connectivity index (χ2n) is 8.05. The molecule has 0 unspecified atom stereocenters. The molecular weight excluding hydrogens is 450 g/mol. The van der Waals surface area contributed by atoms with Crippen LogP contribution >= 0.6 is 11.3 Å². The highest BCUT2D eigenvalue weighted by atomic mass is 32.1. The summed E-state index contributed by atoms with van der Waals surface area (Å²) in [6.07, 6.45) is 3.94. The van der Waals surface area contributed by atoms with Crippen LogP contribution in [0.3, 0.4) is 0 Å². The van der Waals surface area contributed by atoms with Gasteiger partial charge in [0, 0.05) is 25.5 Å². The number of anilines is 1. The Labute approximate surface area is 199 Å². The molecule has 3 heterocycles. The Kier molecular flexibility index (Phi) is 5.91. The fourth-order valence-electron chi connectivity index (χ4n) is 4.13. The van der Waals surface area contributed by atoms with Crippen molar-refractivity contribution in [3.63, 3.8) is 0 Å². The maximum Gasteiger partial charge on any atom is 0.261 e. The van der Waals surface area contributed by atoms with Crippen LogP contribution in [0.4, 0.5) is 5.00 Å². The molecule has 5 rings (SSSR count). The number of nitrogens with one attached hydrogen (secondary N) is 1. The zero-order valence-corrected chi connectivity index (χ0v) is 18.9. The third kappa shape index (κ3) is 4.09. The lowest BCUT2D eigenvalue weighted by Gasteiger charge is -2.22. The van der Waals surface area contributed by atoms with Crippen LogP contribution in [0.25, 0.3) is 10.1 Å². The van der Waals surface area contributed by atoms with Crippen LogP contribution in [0.2, 0.25) is 0 Å². The Morgan fingerprint density at radius 2 is 1.74 bits per heavy atom. The van der Waals surface area contributed by atoms with E-state index >= 15 is 0 Å². The molecule has 170 valence electrons. The fraction of sp³-hybridized carbons (Fsp3) is 0.154. The Balaban J connectivity index is 1.45. The lowest BCUT2D eigenvalue weighted by molar-refractivity contribution is -0.117. The predicted molar refractivity (Wildman–Crippen MR) is 130 cm³/mol. The topological polar surface area (TPSA) is 99.6 Å². The maximum atomic E-state index is 13.5. The highest BCUT2D eigenvalue weighted by Crippen LogP contribution is 2.31. The van der Waals surface area contributed by atoms with Crippen LogP contribution in [0.1, 0.15) is 37.8 Å². The molecule has 2 aromatic carbocycles. The molecule has 34 heavy (non-hydrogen) atoms. The number of aliphatic hydroxyl groups excluding tert-OH is 1. The number of amides is 3. The molecule has 0 saturated heterocycles. The quantitative estimate of drug-likeness (QED) is 0.399. The average molecular weight is 472 g/mol. The smallest absolute Gasteiger partial charge is 0.261 e. The third-order valence-electron chi connectivity index (χ3n) is 5.91. The van der Waals surface area contributed by atoms with Gasteiger partial charge in [-0.3, -0.25) is 24.3 Å². The van der Waals surface area contributed by atoms with Crippen LogP contribution < -0.4 is 5.32 Å². The minimum absolute atomic E-state index is 0.0269. The first-order valence-electron chi connectivity index (χ1n) is 10.8. The van der Waals surface area contributed by atoms with Gasteiger partial charge in [0.15, 0.2) is 0 Å². The van der Waals surface area contributed by atoms with E-state index < -0.39 is 17.7 Å². The van der Waals surface area contributed by atoms with Gasteiger partial charge in [-0.2, -0.15) is 0 Å². The number of imide groups is 1.